The number of hydrogen-bond donors (Lipinski definition) is 2. The fraction of sp³-hybridized carbons (Fsp3) is 0.654. The summed E-state index contributed by atoms with van der Waals surface area (Å²) < 4.78 is 15.7. The molecule has 33 heavy (non-hydrogen) atoms. The quantitative estimate of drug-likeness (QED) is 0.665. The Balaban J connectivity index is 1.33. The lowest BCUT2D eigenvalue weighted by Gasteiger charge is -2.39. The standard InChI is InChI=1S/C26H34FN3O3/c1-26(12-4-5-13-26)29-20-7-3-2-6-16(20)14-17-8-9-18-19(23(17)27)15-30(25(18)33)21-10-11-22(31)28-24(21)32/h8-9,16,20-21,29H,2-7,10-15H2,1H3,(H,28,31,32)/t16-,20+,21?/m1/s1. The number of piperidine rings is 1. The van der Waals surface area contributed by atoms with E-state index >= 15 is 4.39 Å². The Morgan fingerprint density at radius 2 is 1.85 bits per heavy atom. The van der Waals surface area contributed by atoms with E-state index in [0.29, 0.717) is 35.1 Å². The van der Waals surface area contributed by atoms with Crippen LogP contribution in [0.1, 0.15) is 92.6 Å². The molecule has 2 saturated carbocycles. The normalized spacial score (nSPS) is 29.3. The van der Waals surface area contributed by atoms with Crippen LogP contribution in [0.25, 0.3) is 0 Å². The van der Waals surface area contributed by atoms with Gasteiger partial charge in [0.15, 0.2) is 0 Å². The molecule has 1 saturated heterocycles. The number of nitrogens with one attached hydrogen (secondary N) is 2. The van der Waals surface area contributed by atoms with Gasteiger partial charge in [0.1, 0.15) is 11.9 Å². The first-order valence-electron chi connectivity index (χ1n) is 12.6. The van der Waals surface area contributed by atoms with E-state index in [2.05, 4.69) is 17.6 Å². The first-order chi connectivity index (χ1) is 15.8. The van der Waals surface area contributed by atoms with Crippen LogP contribution in [0.2, 0.25) is 0 Å². The molecular weight excluding hydrogens is 421 g/mol. The summed E-state index contributed by atoms with van der Waals surface area (Å²) in [6.07, 6.45) is 10.7. The van der Waals surface area contributed by atoms with Crippen molar-refractivity contribution in [3.05, 3.63) is 34.6 Å². The molecule has 5 rings (SSSR count). The number of nitrogens with zero attached hydrogens (tertiary/aromatic N) is 1. The fourth-order valence-electron chi connectivity index (χ4n) is 6.48. The van der Waals surface area contributed by atoms with E-state index in [0.717, 1.165) is 12.8 Å². The first-order valence-corrected chi connectivity index (χ1v) is 12.6. The van der Waals surface area contributed by atoms with Gasteiger partial charge in [0, 0.05) is 29.1 Å². The Morgan fingerprint density at radius 3 is 2.61 bits per heavy atom. The van der Waals surface area contributed by atoms with Crippen molar-refractivity contribution in [1.82, 2.24) is 15.5 Å². The molecule has 2 aliphatic carbocycles. The Kier molecular flexibility index (Phi) is 6.02. The monoisotopic (exact) mass is 455 g/mol. The second kappa shape index (κ2) is 8.82. The van der Waals surface area contributed by atoms with Gasteiger partial charge in [-0.05, 0) is 63.0 Å². The van der Waals surface area contributed by atoms with E-state index in [1.165, 1.54) is 43.4 Å². The van der Waals surface area contributed by atoms with Crippen LogP contribution in [0.15, 0.2) is 12.1 Å². The smallest absolute Gasteiger partial charge is 0.255 e. The molecule has 3 amide bonds. The van der Waals surface area contributed by atoms with Gasteiger partial charge in [0.05, 0.1) is 6.54 Å². The van der Waals surface area contributed by atoms with Crippen LogP contribution in [-0.2, 0) is 22.6 Å². The molecule has 0 radical (unpaired) electrons. The molecule has 3 fully saturated rings. The van der Waals surface area contributed by atoms with Crippen LogP contribution >= 0.6 is 0 Å². The molecule has 6 nitrogen and oxygen atoms in total. The topological polar surface area (TPSA) is 78.5 Å². The summed E-state index contributed by atoms with van der Waals surface area (Å²) in [5.74, 6) is -1.03. The highest BCUT2D eigenvalue weighted by molar-refractivity contribution is 6.05. The third kappa shape index (κ3) is 4.32. The second-order valence-corrected chi connectivity index (χ2v) is 10.7. The molecule has 1 aromatic rings. The Hall–Kier alpha value is -2.28. The molecule has 4 aliphatic rings. The molecule has 2 aliphatic heterocycles. The van der Waals surface area contributed by atoms with E-state index in [1.54, 1.807) is 12.1 Å². The van der Waals surface area contributed by atoms with E-state index in [-0.39, 0.29) is 42.6 Å². The minimum atomic E-state index is -0.718. The minimum absolute atomic E-state index is 0.0878. The van der Waals surface area contributed by atoms with Crippen molar-refractivity contribution in [2.45, 2.75) is 102 Å². The van der Waals surface area contributed by atoms with Gasteiger partial charge in [-0.2, -0.15) is 0 Å². The lowest BCUT2D eigenvalue weighted by atomic mass is 9.79. The molecule has 7 heteroatoms. The van der Waals surface area contributed by atoms with E-state index < -0.39 is 11.9 Å². The summed E-state index contributed by atoms with van der Waals surface area (Å²) in [6.45, 7) is 2.42. The van der Waals surface area contributed by atoms with Crippen LogP contribution in [0.5, 0.6) is 0 Å². The minimum Gasteiger partial charge on any atom is -0.322 e. The van der Waals surface area contributed by atoms with Gasteiger partial charge < -0.3 is 10.2 Å². The number of benzene rings is 1. The summed E-state index contributed by atoms with van der Waals surface area (Å²) in [4.78, 5) is 38.1. The highest BCUT2D eigenvalue weighted by Gasteiger charge is 2.41. The van der Waals surface area contributed by atoms with Crippen molar-refractivity contribution in [1.29, 1.82) is 0 Å². The number of imide groups is 1. The number of rotatable bonds is 5. The number of carbonyl (C=O) groups excluding carboxylic acids is 3. The molecule has 2 N–H and O–H groups in total. The molecule has 178 valence electrons. The van der Waals surface area contributed by atoms with Gasteiger partial charge >= 0.3 is 0 Å². The van der Waals surface area contributed by atoms with Crippen LogP contribution in [0.4, 0.5) is 4.39 Å². The van der Waals surface area contributed by atoms with Gasteiger partial charge in [-0.1, -0.05) is 31.7 Å². The van der Waals surface area contributed by atoms with Gasteiger partial charge in [0.2, 0.25) is 11.8 Å². The van der Waals surface area contributed by atoms with Gasteiger partial charge in [-0.25, -0.2) is 4.39 Å². The molecule has 0 aromatic heterocycles. The Bertz CT molecular complexity index is 972. The lowest BCUT2D eigenvalue weighted by molar-refractivity contribution is -0.136. The molecule has 0 bridgehead atoms. The van der Waals surface area contributed by atoms with Crippen molar-refractivity contribution in [3.63, 3.8) is 0 Å². The molecule has 1 unspecified atom stereocenters. The first kappa shape index (κ1) is 22.5. The van der Waals surface area contributed by atoms with Crippen molar-refractivity contribution in [3.8, 4) is 0 Å². The maximum atomic E-state index is 15.7. The maximum Gasteiger partial charge on any atom is 0.255 e. The van der Waals surface area contributed by atoms with E-state index in [1.807, 2.05) is 0 Å². The summed E-state index contributed by atoms with van der Waals surface area (Å²) in [5, 5.41) is 6.24. The average Bonchev–Trinajstić information content (AvgIpc) is 3.35. The molecule has 2 heterocycles. The van der Waals surface area contributed by atoms with Crippen molar-refractivity contribution in [2.24, 2.45) is 5.92 Å². The molecule has 0 spiro atoms. The van der Waals surface area contributed by atoms with Crippen LogP contribution in [0.3, 0.4) is 0 Å². The summed E-state index contributed by atoms with van der Waals surface area (Å²) in [6, 6.07) is 3.18. The lowest BCUT2D eigenvalue weighted by Crippen LogP contribution is -2.52. The Labute approximate surface area is 194 Å². The molecule has 3 atom stereocenters. The highest BCUT2D eigenvalue weighted by Crippen LogP contribution is 2.36. The predicted octanol–water partition coefficient (Wildman–Crippen LogP) is 3.61. The predicted molar refractivity (Wildman–Crippen MR) is 122 cm³/mol. The van der Waals surface area contributed by atoms with Crippen molar-refractivity contribution in [2.75, 3.05) is 0 Å². The number of fused-ring (bicyclic) bond motifs is 1. The number of hydrogen-bond acceptors (Lipinski definition) is 4. The van der Waals surface area contributed by atoms with Gasteiger partial charge in [-0.15, -0.1) is 0 Å². The van der Waals surface area contributed by atoms with Crippen LogP contribution < -0.4 is 10.6 Å². The zero-order valence-corrected chi connectivity index (χ0v) is 19.4. The summed E-state index contributed by atoms with van der Waals surface area (Å²) in [7, 11) is 0. The molecule has 1 aromatic carbocycles. The molecular formula is C26H34FN3O3. The number of amides is 3. The van der Waals surface area contributed by atoms with E-state index in [4.69, 9.17) is 0 Å². The van der Waals surface area contributed by atoms with Crippen LogP contribution in [0, 0.1) is 11.7 Å². The van der Waals surface area contributed by atoms with Crippen LogP contribution in [-0.4, -0.2) is 40.2 Å². The third-order valence-corrected chi connectivity index (χ3v) is 8.36. The zero-order chi connectivity index (χ0) is 23.2. The van der Waals surface area contributed by atoms with Gasteiger partial charge in [-0.3, -0.25) is 19.7 Å². The summed E-state index contributed by atoms with van der Waals surface area (Å²) >= 11 is 0. The van der Waals surface area contributed by atoms with E-state index in [9.17, 15) is 14.4 Å². The van der Waals surface area contributed by atoms with Crippen molar-refractivity contribution < 1.29 is 18.8 Å². The zero-order valence-electron chi connectivity index (χ0n) is 19.4. The average molecular weight is 456 g/mol. The number of halogens is 1. The number of carbonyl (C=O) groups is 3. The fourth-order valence-corrected chi connectivity index (χ4v) is 6.48. The highest BCUT2D eigenvalue weighted by atomic mass is 19.1. The van der Waals surface area contributed by atoms with Gasteiger partial charge in [0.25, 0.3) is 5.91 Å². The third-order valence-electron chi connectivity index (χ3n) is 8.36. The second-order valence-electron chi connectivity index (χ2n) is 10.7. The SMILES string of the molecule is CC1(N[C@H]2CCCC[C@@H]2Cc2ccc3c(c2F)CN(C2CCC(=O)NC2=O)C3=O)CCCC1. The largest absolute Gasteiger partial charge is 0.322 e. The summed E-state index contributed by atoms with van der Waals surface area (Å²) in [5.41, 5.74) is 1.61. The Morgan fingerprint density at radius 1 is 1.09 bits per heavy atom. The maximum absolute atomic E-state index is 15.7. The van der Waals surface area contributed by atoms with Crippen molar-refractivity contribution >= 4 is 17.7 Å².